The third-order valence-corrected chi connectivity index (χ3v) is 4.66. The van der Waals surface area contributed by atoms with E-state index in [0.717, 1.165) is 25.6 Å². The number of nitrogens with one attached hydrogen (secondary N) is 2. The molecule has 1 aliphatic carbocycles. The van der Waals surface area contributed by atoms with Gasteiger partial charge < -0.3 is 10.6 Å². The van der Waals surface area contributed by atoms with Crippen LogP contribution in [0.5, 0.6) is 0 Å². The van der Waals surface area contributed by atoms with Gasteiger partial charge in [0.25, 0.3) is 0 Å². The highest BCUT2D eigenvalue weighted by molar-refractivity contribution is 5.80. The number of aliphatic imine (C=N–C) groups is 1. The lowest BCUT2D eigenvalue weighted by atomic mass is 9.96. The first-order valence-corrected chi connectivity index (χ1v) is 8.62. The van der Waals surface area contributed by atoms with Crippen LogP contribution in [0, 0.1) is 0 Å². The summed E-state index contributed by atoms with van der Waals surface area (Å²) in [7, 11) is 0. The van der Waals surface area contributed by atoms with Crippen LogP contribution in [0.15, 0.2) is 4.99 Å². The van der Waals surface area contributed by atoms with E-state index in [-0.39, 0.29) is 0 Å². The zero-order valence-corrected chi connectivity index (χ0v) is 13.3. The van der Waals surface area contributed by atoms with Crippen LogP contribution in [0.3, 0.4) is 0 Å². The maximum absolute atomic E-state index is 4.84. The van der Waals surface area contributed by atoms with Crippen LogP contribution in [-0.4, -0.2) is 49.1 Å². The third kappa shape index (κ3) is 4.65. The molecule has 2 fully saturated rings. The van der Waals surface area contributed by atoms with Gasteiger partial charge in [-0.2, -0.15) is 0 Å². The topological polar surface area (TPSA) is 39.7 Å². The Balaban J connectivity index is 1.84. The standard InChI is InChI=1S/C16H32N4/c1-3-17-16(19-14-9-6-5-7-10-14)18-13-15-11-8-12-20(15)4-2/h14-15H,3-13H2,1-2H3,(H2,17,18,19). The fourth-order valence-corrected chi connectivity index (χ4v) is 3.48. The molecule has 0 spiro atoms. The fourth-order valence-electron chi connectivity index (χ4n) is 3.48. The lowest BCUT2D eigenvalue weighted by Crippen LogP contribution is -2.45. The van der Waals surface area contributed by atoms with E-state index in [9.17, 15) is 0 Å². The maximum Gasteiger partial charge on any atom is 0.191 e. The second kappa shape index (κ2) is 8.50. The Labute approximate surface area is 124 Å². The van der Waals surface area contributed by atoms with E-state index in [1.165, 1.54) is 51.5 Å². The number of likely N-dealkylation sites (tertiary alicyclic amines) is 1. The number of guanidine groups is 1. The minimum Gasteiger partial charge on any atom is -0.357 e. The van der Waals surface area contributed by atoms with Crippen LogP contribution in [0.2, 0.25) is 0 Å². The summed E-state index contributed by atoms with van der Waals surface area (Å²) in [6, 6.07) is 1.29. The van der Waals surface area contributed by atoms with Crippen molar-refractivity contribution in [2.45, 2.75) is 70.9 Å². The summed E-state index contributed by atoms with van der Waals surface area (Å²) in [5.41, 5.74) is 0. The van der Waals surface area contributed by atoms with Gasteiger partial charge in [0, 0.05) is 18.6 Å². The smallest absolute Gasteiger partial charge is 0.191 e. The van der Waals surface area contributed by atoms with Crippen molar-refractivity contribution in [2.75, 3.05) is 26.2 Å². The van der Waals surface area contributed by atoms with Crippen molar-refractivity contribution in [1.82, 2.24) is 15.5 Å². The van der Waals surface area contributed by atoms with Crippen molar-refractivity contribution < 1.29 is 0 Å². The van der Waals surface area contributed by atoms with Gasteiger partial charge in [-0.1, -0.05) is 26.2 Å². The van der Waals surface area contributed by atoms with Gasteiger partial charge in [0.15, 0.2) is 5.96 Å². The minimum atomic E-state index is 0.632. The van der Waals surface area contributed by atoms with Gasteiger partial charge in [-0.15, -0.1) is 0 Å². The minimum absolute atomic E-state index is 0.632. The first-order chi connectivity index (χ1) is 9.83. The quantitative estimate of drug-likeness (QED) is 0.600. The molecule has 1 unspecified atom stereocenters. The third-order valence-electron chi connectivity index (χ3n) is 4.66. The summed E-state index contributed by atoms with van der Waals surface area (Å²) < 4.78 is 0. The molecule has 0 amide bonds. The van der Waals surface area contributed by atoms with Crippen molar-refractivity contribution in [3.05, 3.63) is 0 Å². The molecule has 1 atom stereocenters. The van der Waals surface area contributed by atoms with E-state index >= 15 is 0 Å². The van der Waals surface area contributed by atoms with E-state index in [2.05, 4.69) is 29.4 Å². The molecule has 1 saturated heterocycles. The van der Waals surface area contributed by atoms with Gasteiger partial charge in [-0.25, -0.2) is 0 Å². The first-order valence-electron chi connectivity index (χ1n) is 8.62. The summed E-state index contributed by atoms with van der Waals surface area (Å²) >= 11 is 0. The number of hydrogen-bond donors (Lipinski definition) is 2. The summed E-state index contributed by atoms with van der Waals surface area (Å²) in [4.78, 5) is 7.40. The second-order valence-electron chi connectivity index (χ2n) is 6.12. The van der Waals surface area contributed by atoms with E-state index < -0.39 is 0 Å². The molecule has 4 heteroatoms. The first kappa shape index (κ1) is 15.6. The largest absolute Gasteiger partial charge is 0.357 e. The molecule has 0 aromatic carbocycles. The Bertz CT molecular complexity index is 297. The van der Waals surface area contributed by atoms with Crippen LogP contribution >= 0.6 is 0 Å². The maximum atomic E-state index is 4.84. The average Bonchev–Trinajstić information content (AvgIpc) is 2.93. The summed E-state index contributed by atoms with van der Waals surface area (Å²) in [6.45, 7) is 8.70. The SMILES string of the molecule is CCNC(=NCC1CCCN1CC)NC1CCCCC1. The highest BCUT2D eigenvalue weighted by atomic mass is 15.2. The van der Waals surface area contributed by atoms with Gasteiger partial charge >= 0.3 is 0 Å². The molecule has 2 N–H and O–H groups in total. The Kier molecular flexibility index (Phi) is 6.64. The fraction of sp³-hybridized carbons (Fsp3) is 0.938. The lowest BCUT2D eigenvalue weighted by molar-refractivity contribution is 0.272. The number of likely N-dealkylation sites (N-methyl/N-ethyl adjacent to an activating group) is 1. The molecule has 116 valence electrons. The Morgan fingerprint density at radius 1 is 1.10 bits per heavy atom. The predicted octanol–water partition coefficient (Wildman–Crippen LogP) is 2.36. The summed E-state index contributed by atoms with van der Waals surface area (Å²) in [5, 5.41) is 7.04. The molecule has 1 aliphatic heterocycles. The molecule has 1 heterocycles. The van der Waals surface area contributed by atoms with E-state index in [1.54, 1.807) is 0 Å². The van der Waals surface area contributed by atoms with Crippen LogP contribution in [0.25, 0.3) is 0 Å². The molecule has 4 nitrogen and oxygen atoms in total. The lowest BCUT2D eigenvalue weighted by Gasteiger charge is -2.26. The zero-order valence-electron chi connectivity index (χ0n) is 13.3. The highest BCUT2D eigenvalue weighted by Gasteiger charge is 2.22. The predicted molar refractivity (Wildman–Crippen MR) is 86.3 cm³/mol. The van der Waals surface area contributed by atoms with Crippen molar-refractivity contribution >= 4 is 5.96 Å². The van der Waals surface area contributed by atoms with Crippen LogP contribution < -0.4 is 10.6 Å². The van der Waals surface area contributed by atoms with Gasteiger partial charge in [-0.3, -0.25) is 9.89 Å². The van der Waals surface area contributed by atoms with Gasteiger partial charge in [0.2, 0.25) is 0 Å². The van der Waals surface area contributed by atoms with E-state index in [0.29, 0.717) is 12.1 Å². The average molecular weight is 280 g/mol. The van der Waals surface area contributed by atoms with E-state index in [4.69, 9.17) is 4.99 Å². The van der Waals surface area contributed by atoms with Crippen molar-refractivity contribution in [3.63, 3.8) is 0 Å². The molecule has 0 aromatic heterocycles. The molecule has 20 heavy (non-hydrogen) atoms. The second-order valence-corrected chi connectivity index (χ2v) is 6.12. The number of rotatable bonds is 5. The molecule has 0 aromatic rings. The molecule has 2 rings (SSSR count). The van der Waals surface area contributed by atoms with Gasteiger partial charge in [0.1, 0.15) is 0 Å². The Morgan fingerprint density at radius 3 is 2.60 bits per heavy atom. The number of nitrogens with zero attached hydrogens (tertiary/aromatic N) is 2. The normalized spacial score (nSPS) is 25.9. The van der Waals surface area contributed by atoms with E-state index in [1.807, 2.05) is 0 Å². The van der Waals surface area contributed by atoms with Crippen molar-refractivity contribution in [2.24, 2.45) is 4.99 Å². The molecule has 0 radical (unpaired) electrons. The zero-order chi connectivity index (χ0) is 14.2. The van der Waals surface area contributed by atoms with Crippen LogP contribution in [0.4, 0.5) is 0 Å². The highest BCUT2D eigenvalue weighted by Crippen LogP contribution is 2.18. The molecule has 0 bridgehead atoms. The van der Waals surface area contributed by atoms with Gasteiger partial charge in [0.05, 0.1) is 6.54 Å². The van der Waals surface area contributed by atoms with Crippen LogP contribution in [-0.2, 0) is 0 Å². The number of hydrogen-bond acceptors (Lipinski definition) is 2. The monoisotopic (exact) mass is 280 g/mol. The Morgan fingerprint density at radius 2 is 1.90 bits per heavy atom. The summed E-state index contributed by atoms with van der Waals surface area (Å²) in [6.07, 6.45) is 9.37. The molecular weight excluding hydrogens is 248 g/mol. The summed E-state index contributed by atoms with van der Waals surface area (Å²) in [5.74, 6) is 1.03. The van der Waals surface area contributed by atoms with Crippen LogP contribution in [0.1, 0.15) is 58.8 Å². The molecular formula is C16H32N4. The molecule has 1 saturated carbocycles. The van der Waals surface area contributed by atoms with Crippen molar-refractivity contribution in [1.29, 1.82) is 0 Å². The molecule has 2 aliphatic rings. The van der Waals surface area contributed by atoms with Gasteiger partial charge in [-0.05, 0) is 45.7 Å². The van der Waals surface area contributed by atoms with Crippen molar-refractivity contribution in [3.8, 4) is 0 Å². The Hall–Kier alpha value is -0.770.